The number of amides is 1. The van der Waals surface area contributed by atoms with E-state index in [9.17, 15) is 18.7 Å². The quantitative estimate of drug-likeness (QED) is 0.892. The molecule has 2 N–H and O–H groups in total. The summed E-state index contributed by atoms with van der Waals surface area (Å²) in [5.74, 6) is -2.24. The number of aliphatic hydroxyl groups is 1. The van der Waals surface area contributed by atoms with Gasteiger partial charge in [-0.1, -0.05) is 35.9 Å². The van der Waals surface area contributed by atoms with E-state index in [1.807, 2.05) is 31.2 Å². The minimum atomic E-state index is -1.09. The summed E-state index contributed by atoms with van der Waals surface area (Å²) in [7, 11) is 0. The highest BCUT2D eigenvalue weighted by molar-refractivity contribution is 5.78. The molecule has 0 bridgehead atoms. The Hall–Kier alpha value is -2.27. The molecule has 0 aliphatic rings. The smallest absolute Gasteiger partial charge is 0.224 e. The highest BCUT2D eigenvalue weighted by Crippen LogP contribution is 2.15. The second-order valence-electron chi connectivity index (χ2n) is 5.16. The first-order valence-electron chi connectivity index (χ1n) is 6.91. The van der Waals surface area contributed by atoms with Crippen molar-refractivity contribution in [1.82, 2.24) is 5.32 Å². The topological polar surface area (TPSA) is 49.3 Å². The van der Waals surface area contributed by atoms with E-state index in [1.54, 1.807) is 0 Å². The van der Waals surface area contributed by atoms with E-state index in [0.29, 0.717) is 0 Å². The van der Waals surface area contributed by atoms with Gasteiger partial charge >= 0.3 is 0 Å². The largest absolute Gasteiger partial charge is 0.387 e. The lowest BCUT2D eigenvalue weighted by molar-refractivity contribution is -0.120. The van der Waals surface area contributed by atoms with E-state index in [4.69, 9.17) is 0 Å². The lowest BCUT2D eigenvalue weighted by atomic mass is 10.1. The third-order valence-corrected chi connectivity index (χ3v) is 3.31. The molecule has 0 saturated heterocycles. The van der Waals surface area contributed by atoms with Crippen molar-refractivity contribution in [1.29, 1.82) is 0 Å². The molecule has 0 saturated carbocycles. The monoisotopic (exact) mass is 305 g/mol. The lowest BCUT2D eigenvalue weighted by Crippen LogP contribution is -2.29. The van der Waals surface area contributed by atoms with Crippen LogP contribution in [0.2, 0.25) is 0 Å². The van der Waals surface area contributed by atoms with Crippen LogP contribution in [0.15, 0.2) is 42.5 Å². The van der Waals surface area contributed by atoms with E-state index >= 15 is 0 Å². The summed E-state index contributed by atoms with van der Waals surface area (Å²) in [6, 6.07) is 10.7. The van der Waals surface area contributed by atoms with Crippen molar-refractivity contribution < 1.29 is 18.7 Å². The Morgan fingerprint density at radius 3 is 2.45 bits per heavy atom. The van der Waals surface area contributed by atoms with E-state index in [2.05, 4.69) is 5.32 Å². The summed E-state index contributed by atoms with van der Waals surface area (Å²) in [4.78, 5) is 11.8. The third-order valence-electron chi connectivity index (χ3n) is 3.31. The number of rotatable bonds is 5. The van der Waals surface area contributed by atoms with Gasteiger partial charge in [-0.3, -0.25) is 4.79 Å². The van der Waals surface area contributed by atoms with E-state index in [-0.39, 0.29) is 24.4 Å². The zero-order valence-corrected chi connectivity index (χ0v) is 12.1. The summed E-state index contributed by atoms with van der Waals surface area (Å²) < 4.78 is 25.9. The fourth-order valence-electron chi connectivity index (χ4n) is 2.00. The van der Waals surface area contributed by atoms with Crippen LogP contribution in [0.5, 0.6) is 0 Å². The maximum Gasteiger partial charge on any atom is 0.224 e. The Bertz CT molecular complexity index is 656. The number of nitrogens with one attached hydrogen (secondary N) is 1. The first kappa shape index (κ1) is 16.1. The maximum atomic E-state index is 13.1. The second-order valence-corrected chi connectivity index (χ2v) is 5.16. The summed E-state index contributed by atoms with van der Waals surface area (Å²) in [5.41, 5.74) is 2.19. The normalized spacial score (nSPS) is 12.0. The second kappa shape index (κ2) is 7.13. The van der Waals surface area contributed by atoms with Crippen molar-refractivity contribution in [2.24, 2.45) is 0 Å². The molecule has 1 unspecified atom stereocenters. The molecule has 2 aromatic rings. The molecule has 3 nitrogen and oxygen atoms in total. The summed E-state index contributed by atoms with van der Waals surface area (Å²) >= 11 is 0. The number of hydrogen-bond donors (Lipinski definition) is 2. The van der Waals surface area contributed by atoms with Gasteiger partial charge in [-0.15, -0.1) is 0 Å². The Morgan fingerprint density at radius 1 is 1.14 bits per heavy atom. The minimum absolute atomic E-state index is 0.0598. The van der Waals surface area contributed by atoms with Gasteiger partial charge in [-0.2, -0.15) is 0 Å². The highest BCUT2D eigenvalue weighted by atomic mass is 19.2. The molecule has 116 valence electrons. The van der Waals surface area contributed by atoms with Crippen molar-refractivity contribution >= 4 is 5.91 Å². The van der Waals surface area contributed by atoms with Crippen LogP contribution in [0, 0.1) is 18.6 Å². The van der Waals surface area contributed by atoms with Crippen LogP contribution < -0.4 is 5.32 Å². The van der Waals surface area contributed by atoms with Gasteiger partial charge in [0.15, 0.2) is 11.6 Å². The Balaban J connectivity index is 1.87. The van der Waals surface area contributed by atoms with Crippen molar-refractivity contribution in [3.8, 4) is 0 Å². The van der Waals surface area contributed by atoms with Gasteiger partial charge in [0, 0.05) is 6.54 Å². The highest BCUT2D eigenvalue weighted by Gasteiger charge is 2.12. The maximum absolute atomic E-state index is 13.1. The van der Waals surface area contributed by atoms with Crippen LogP contribution in [-0.2, 0) is 11.2 Å². The minimum Gasteiger partial charge on any atom is -0.387 e. The Morgan fingerprint density at radius 2 is 1.82 bits per heavy atom. The fourth-order valence-corrected chi connectivity index (χ4v) is 2.00. The molecule has 2 rings (SSSR count). The van der Waals surface area contributed by atoms with Gasteiger partial charge in [-0.05, 0) is 30.2 Å². The van der Waals surface area contributed by atoms with Crippen molar-refractivity contribution in [2.75, 3.05) is 6.54 Å². The van der Waals surface area contributed by atoms with Crippen LogP contribution in [-0.4, -0.2) is 17.6 Å². The molecule has 1 amide bonds. The van der Waals surface area contributed by atoms with Gasteiger partial charge < -0.3 is 10.4 Å². The molecule has 1 atom stereocenters. The zero-order chi connectivity index (χ0) is 16.1. The number of carbonyl (C=O) groups is 1. The number of benzene rings is 2. The van der Waals surface area contributed by atoms with Crippen LogP contribution >= 0.6 is 0 Å². The van der Waals surface area contributed by atoms with E-state index in [1.165, 1.54) is 6.07 Å². The molecule has 2 aromatic carbocycles. The number of halogens is 2. The molecule has 0 aliphatic heterocycles. The molecule has 5 heteroatoms. The van der Waals surface area contributed by atoms with Crippen LogP contribution in [0.1, 0.15) is 22.8 Å². The van der Waals surface area contributed by atoms with Crippen molar-refractivity contribution in [3.63, 3.8) is 0 Å². The zero-order valence-electron chi connectivity index (χ0n) is 12.1. The summed E-state index contributed by atoms with van der Waals surface area (Å²) in [5, 5.41) is 12.5. The first-order chi connectivity index (χ1) is 10.5. The molecular weight excluding hydrogens is 288 g/mol. The number of aliphatic hydroxyl groups excluding tert-OH is 1. The molecule has 0 aliphatic carbocycles. The van der Waals surface area contributed by atoms with Gasteiger partial charge in [0.25, 0.3) is 0 Å². The number of hydrogen-bond acceptors (Lipinski definition) is 2. The van der Waals surface area contributed by atoms with Crippen molar-refractivity contribution in [2.45, 2.75) is 19.4 Å². The molecule has 22 heavy (non-hydrogen) atoms. The summed E-state index contributed by atoms with van der Waals surface area (Å²) in [6.45, 7) is 1.90. The van der Waals surface area contributed by atoms with Crippen LogP contribution in [0.4, 0.5) is 8.78 Å². The number of aryl methyl sites for hydroxylation is 1. The molecule has 0 radical (unpaired) electrons. The van der Waals surface area contributed by atoms with Gasteiger partial charge in [-0.25, -0.2) is 8.78 Å². The molecule has 0 fully saturated rings. The molecule has 0 heterocycles. The summed E-state index contributed by atoms with van der Waals surface area (Å²) in [6.07, 6.45) is -0.887. The van der Waals surface area contributed by atoms with Crippen LogP contribution in [0.3, 0.4) is 0 Å². The van der Waals surface area contributed by atoms with Gasteiger partial charge in [0.05, 0.1) is 12.5 Å². The predicted octanol–water partition coefficient (Wildman–Crippen LogP) is 2.67. The van der Waals surface area contributed by atoms with Crippen LogP contribution in [0.25, 0.3) is 0 Å². The molecule has 0 aromatic heterocycles. The number of carbonyl (C=O) groups excluding carboxylic acids is 1. The fraction of sp³-hybridized carbons (Fsp3) is 0.235. The Kier molecular flexibility index (Phi) is 5.22. The molecule has 0 spiro atoms. The van der Waals surface area contributed by atoms with E-state index in [0.717, 1.165) is 23.3 Å². The average molecular weight is 305 g/mol. The predicted molar refractivity (Wildman–Crippen MR) is 79.2 cm³/mol. The SMILES string of the molecule is Cc1ccc(CC(=O)NCC(O)c2ccc(F)c(F)c2)cc1. The molecular formula is C17H17F2NO2. The van der Waals surface area contributed by atoms with Gasteiger partial charge in [0.1, 0.15) is 0 Å². The van der Waals surface area contributed by atoms with Gasteiger partial charge in [0.2, 0.25) is 5.91 Å². The third kappa shape index (κ3) is 4.36. The van der Waals surface area contributed by atoms with Crippen molar-refractivity contribution in [3.05, 3.63) is 70.8 Å². The Labute approximate surface area is 127 Å². The standard InChI is InChI=1S/C17H17F2NO2/c1-11-2-4-12(5-3-11)8-17(22)20-10-16(21)13-6-7-14(18)15(19)9-13/h2-7,9,16,21H,8,10H2,1H3,(H,20,22). The first-order valence-corrected chi connectivity index (χ1v) is 6.91. The lowest BCUT2D eigenvalue weighted by Gasteiger charge is -2.12. The van der Waals surface area contributed by atoms with E-state index < -0.39 is 17.7 Å². The average Bonchev–Trinajstić information content (AvgIpc) is 2.50.